The van der Waals surface area contributed by atoms with Crippen LogP contribution in [0.5, 0.6) is 0 Å². The summed E-state index contributed by atoms with van der Waals surface area (Å²) >= 11 is 0. The number of aromatic nitrogens is 2. The molecular formula is C10H15N3. The summed E-state index contributed by atoms with van der Waals surface area (Å²) < 4.78 is 1.80. The quantitative estimate of drug-likeness (QED) is 0.648. The molecule has 0 aliphatic rings. The van der Waals surface area contributed by atoms with E-state index in [1.807, 2.05) is 33.4 Å². The Morgan fingerprint density at radius 1 is 1.62 bits per heavy atom. The molecule has 1 heterocycles. The molecule has 0 N–H and O–H groups in total. The molecule has 3 heteroatoms. The molecule has 0 spiro atoms. The lowest BCUT2D eigenvalue weighted by Crippen LogP contribution is -2.17. The zero-order chi connectivity index (χ0) is 9.68. The van der Waals surface area contributed by atoms with Crippen molar-refractivity contribution in [2.24, 2.45) is 7.05 Å². The van der Waals surface area contributed by atoms with Crippen molar-refractivity contribution in [3.8, 4) is 11.8 Å². The van der Waals surface area contributed by atoms with Gasteiger partial charge in [0.25, 0.3) is 0 Å². The molecule has 70 valence electrons. The summed E-state index contributed by atoms with van der Waals surface area (Å²) in [5.74, 6) is 5.92. The molecule has 1 aromatic heterocycles. The maximum Gasteiger partial charge on any atom is 0.0750 e. The van der Waals surface area contributed by atoms with Crippen molar-refractivity contribution >= 4 is 5.69 Å². The largest absolute Gasteiger partial charge is 0.371 e. The maximum atomic E-state index is 4.10. The van der Waals surface area contributed by atoms with Gasteiger partial charge in [-0.1, -0.05) is 0 Å². The van der Waals surface area contributed by atoms with E-state index in [2.05, 4.69) is 21.8 Å². The predicted molar refractivity (Wildman–Crippen MR) is 54.5 cm³/mol. The highest BCUT2D eigenvalue weighted by Crippen LogP contribution is 2.09. The third-order valence-electron chi connectivity index (χ3n) is 1.88. The van der Waals surface area contributed by atoms with E-state index in [0.29, 0.717) is 0 Å². The van der Waals surface area contributed by atoms with Crippen LogP contribution in [0.3, 0.4) is 0 Å². The van der Waals surface area contributed by atoms with Crippen LogP contribution in [-0.2, 0) is 7.05 Å². The highest BCUT2D eigenvalue weighted by molar-refractivity contribution is 5.41. The normalized spacial score (nSPS) is 9.15. The van der Waals surface area contributed by atoms with Crippen molar-refractivity contribution in [1.82, 2.24) is 9.78 Å². The van der Waals surface area contributed by atoms with Crippen LogP contribution in [0, 0.1) is 11.8 Å². The zero-order valence-corrected chi connectivity index (χ0v) is 8.41. The van der Waals surface area contributed by atoms with Gasteiger partial charge in [-0.2, -0.15) is 5.10 Å². The molecule has 0 aromatic carbocycles. The zero-order valence-electron chi connectivity index (χ0n) is 8.41. The van der Waals surface area contributed by atoms with E-state index in [1.54, 1.807) is 4.68 Å². The van der Waals surface area contributed by atoms with E-state index in [4.69, 9.17) is 0 Å². The van der Waals surface area contributed by atoms with Crippen molar-refractivity contribution in [1.29, 1.82) is 0 Å². The fourth-order valence-corrected chi connectivity index (χ4v) is 1.08. The summed E-state index contributed by atoms with van der Waals surface area (Å²) in [6, 6.07) is 0. The first-order chi connectivity index (χ1) is 6.24. The molecule has 0 amide bonds. The summed E-state index contributed by atoms with van der Waals surface area (Å²) in [5.41, 5.74) is 1.14. The molecule has 0 aliphatic heterocycles. The summed E-state index contributed by atoms with van der Waals surface area (Å²) in [7, 11) is 3.97. The minimum Gasteiger partial charge on any atom is -0.371 e. The average molecular weight is 177 g/mol. The maximum absolute atomic E-state index is 4.10. The van der Waals surface area contributed by atoms with Crippen molar-refractivity contribution < 1.29 is 0 Å². The van der Waals surface area contributed by atoms with Gasteiger partial charge in [0.2, 0.25) is 0 Å². The van der Waals surface area contributed by atoms with Crippen molar-refractivity contribution in [3.63, 3.8) is 0 Å². The molecule has 0 saturated heterocycles. The molecule has 1 rings (SSSR count). The van der Waals surface area contributed by atoms with Crippen LogP contribution < -0.4 is 4.90 Å². The molecular weight excluding hydrogens is 162 g/mol. The van der Waals surface area contributed by atoms with Gasteiger partial charge < -0.3 is 4.90 Å². The van der Waals surface area contributed by atoms with E-state index in [-0.39, 0.29) is 0 Å². The predicted octanol–water partition coefficient (Wildman–Crippen LogP) is 1.27. The van der Waals surface area contributed by atoms with Crippen LogP contribution in [0.4, 0.5) is 5.69 Å². The average Bonchev–Trinajstić information content (AvgIpc) is 2.52. The molecule has 0 fully saturated rings. The number of anilines is 1. The standard InChI is InChI=1S/C10H15N3/c1-4-5-6-7-12(2)10-8-11-13(3)9-10/h8-9H,6-7H2,1-3H3. The first-order valence-electron chi connectivity index (χ1n) is 4.33. The van der Waals surface area contributed by atoms with Gasteiger partial charge in [0.15, 0.2) is 0 Å². The van der Waals surface area contributed by atoms with Gasteiger partial charge in [-0.25, -0.2) is 0 Å². The van der Waals surface area contributed by atoms with Gasteiger partial charge in [-0.05, 0) is 6.92 Å². The molecule has 0 aliphatic carbocycles. The van der Waals surface area contributed by atoms with Crippen molar-refractivity contribution in [3.05, 3.63) is 12.4 Å². The second kappa shape index (κ2) is 4.56. The van der Waals surface area contributed by atoms with E-state index in [9.17, 15) is 0 Å². The van der Waals surface area contributed by atoms with Gasteiger partial charge in [0.1, 0.15) is 0 Å². The molecule has 1 aromatic rings. The first kappa shape index (κ1) is 9.66. The Kier molecular flexibility index (Phi) is 3.39. The highest BCUT2D eigenvalue weighted by atomic mass is 15.3. The summed E-state index contributed by atoms with van der Waals surface area (Å²) in [6.45, 7) is 2.82. The van der Waals surface area contributed by atoms with Crippen LogP contribution >= 0.6 is 0 Å². The van der Waals surface area contributed by atoms with Crippen molar-refractivity contribution in [2.75, 3.05) is 18.5 Å². The Balaban J connectivity index is 2.47. The lowest BCUT2D eigenvalue weighted by molar-refractivity contribution is 0.767. The van der Waals surface area contributed by atoms with Gasteiger partial charge in [-0.3, -0.25) is 4.68 Å². The van der Waals surface area contributed by atoms with Crippen LogP contribution in [0.2, 0.25) is 0 Å². The lowest BCUT2D eigenvalue weighted by Gasteiger charge is -2.14. The topological polar surface area (TPSA) is 21.1 Å². The van der Waals surface area contributed by atoms with Crippen LogP contribution in [0.1, 0.15) is 13.3 Å². The molecule has 0 radical (unpaired) electrons. The van der Waals surface area contributed by atoms with Gasteiger partial charge in [0, 0.05) is 33.3 Å². The number of nitrogens with zero attached hydrogens (tertiary/aromatic N) is 3. The van der Waals surface area contributed by atoms with Crippen LogP contribution in [0.15, 0.2) is 12.4 Å². The first-order valence-corrected chi connectivity index (χ1v) is 4.33. The SMILES string of the molecule is CC#CCCN(C)c1cnn(C)c1. The van der Waals surface area contributed by atoms with Gasteiger partial charge >= 0.3 is 0 Å². The number of aryl methyl sites for hydroxylation is 1. The Hall–Kier alpha value is -1.43. The Bertz CT molecular complexity index is 316. The molecule has 13 heavy (non-hydrogen) atoms. The van der Waals surface area contributed by atoms with Crippen LogP contribution in [0.25, 0.3) is 0 Å². The molecule has 0 saturated carbocycles. The van der Waals surface area contributed by atoms with E-state index < -0.39 is 0 Å². The Labute approximate surface area is 79.4 Å². The summed E-state index contributed by atoms with van der Waals surface area (Å²) in [6.07, 6.45) is 4.76. The Morgan fingerprint density at radius 3 is 2.92 bits per heavy atom. The van der Waals surface area contributed by atoms with Gasteiger partial charge in [-0.15, -0.1) is 11.8 Å². The van der Waals surface area contributed by atoms with Gasteiger partial charge in [0.05, 0.1) is 11.9 Å². The van der Waals surface area contributed by atoms with E-state index >= 15 is 0 Å². The highest BCUT2D eigenvalue weighted by Gasteiger charge is 2.00. The molecule has 3 nitrogen and oxygen atoms in total. The number of rotatable bonds is 3. The summed E-state index contributed by atoms with van der Waals surface area (Å²) in [4.78, 5) is 2.15. The third-order valence-corrected chi connectivity index (χ3v) is 1.88. The summed E-state index contributed by atoms with van der Waals surface area (Å²) in [5, 5.41) is 4.10. The Morgan fingerprint density at radius 2 is 2.38 bits per heavy atom. The third kappa shape index (κ3) is 2.83. The number of hydrogen-bond donors (Lipinski definition) is 0. The van der Waals surface area contributed by atoms with Crippen molar-refractivity contribution in [2.45, 2.75) is 13.3 Å². The monoisotopic (exact) mass is 177 g/mol. The molecule has 0 atom stereocenters. The number of hydrogen-bond acceptors (Lipinski definition) is 2. The fraction of sp³-hybridized carbons (Fsp3) is 0.500. The van der Waals surface area contributed by atoms with E-state index in [1.165, 1.54) is 0 Å². The second-order valence-corrected chi connectivity index (χ2v) is 2.97. The van der Waals surface area contributed by atoms with E-state index in [0.717, 1.165) is 18.7 Å². The lowest BCUT2D eigenvalue weighted by atomic mass is 10.4. The minimum absolute atomic E-state index is 0.905. The smallest absolute Gasteiger partial charge is 0.0750 e. The molecule has 0 bridgehead atoms. The second-order valence-electron chi connectivity index (χ2n) is 2.97. The molecule has 0 unspecified atom stereocenters. The van der Waals surface area contributed by atoms with Crippen LogP contribution in [-0.4, -0.2) is 23.4 Å². The fourth-order valence-electron chi connectivity index (χ4n) is 1.08. The minimum atomic E-state index is 0.905.